The zero-order chi connectivity index (χ0) is 10.8. The number of aromatic hydroxyl groups is 1. The van der Waals surface area contributed by atoms with Crippen LogP contribution in [0.2, 0.25) is 0 Å². The van der Waals surface area contributed by atoms with Crippen molar-refractivity contribution in [2.75, 3.05) is 0 Å². The summed E-state index contributed by atoms with van der Waals surface area (Å²) in [6, 6.07) is 5.38. The van der Waals surface area contributed by atoms with Gasteiger partial charge in [-0.3, -0.25) is 0 Å². The summed E-state index contributed by atoms with van der Waals surface area (Å²) in [5, 5.41) is 18.7. The largest absolute Gasteiger partial charge is 0.508 e. The number of ether oxygens (including phenoxy) is 1. The molecule has 2 atom stereocenters. The Bertz CT molecular complexity index is 382. The minimum atomic E-state index is -0.477. The van der Waals surface area contributed by atoms with Gasteiger partial charge in [0.1, 0.15) is 11.9 Å². The van der Waals surface area contributed by atoms with Crippen molar-refractivity contribution in [1.82, 2.24) is 0 Å². The Morgan fingerprint density at radius 3 is 3.07 bits per heavy atom. The van der Waals surface area contributed by atoms with Crippen molar-refractivity contribution >= 4 is 0 Å². The molecule has 15 heavy (non-hydrogen) atoms. The lowest BCUT2D eigenvalue weighted by atomic mass is 10.0. The number of hydrogen-bond donors (Lipinski definition) is 2. The molecule has 2 rings (SSSR count). The van der Waals surface area contributed by atoms with Crippen molar-refractivity contribution in [3.8, 4) is 5.75 Å². The van der Waals surface area contributed by atoms with Gasteiger partial charge < -0.3 is 14.9 Å². The van der Waals surface area contributed by atoms with E-state index in [2.05, 4.69) is 0 Å². The van der Waals surface area contributed by atoms with Crippen LogP contribution in [-0.4, -0.2) is 16.3 Å². The molecule has 0 aromatic heterocycles. The molecule has 2 unspecified atom stereocenters. The van der Waals surface area contributed by atoms with E-state index in [0.29, 0.717) is 6.61 Å². The Balaban J connectivity index is 2.25. The molecule has 3 heteroatoms. The summed E-state index contributed by atoms with van der Waals surface area (Å²) in [4.78, 5) is 0. The number of hydrogen-bond acceptors (Lipinski definition) is 3. The van der Waals surface area contributed by atoms with E-state index in [1.807, 2.05) is 12.1 Å². The van der Waals surface area contributed by atoms with Gasteiger partial charge in [0.15, 0.2) is 0 Å². The number of phenols is 1. The molecular formula is C12H14O3. The first-order chi connectivity index (χ1) is 7.18. The van der Waals surface area contributed by atoms with Gasteiger partial charge in [0.2, 0.25) is 0 Å². The van der Waals surface area contributed by atoms with E-state index in [1.54, 1.807) is 25.1 Å². The van der Waals surface area contributed by atoms with E-state index in [9.17, 15) is 5.11 Å². The van der Waals surface area contributed by atoms with E-state index in [1.165, 1.54) is 0 Å². The minimum Gasteiger partial charge on any atom is -0.508 e. The standard InChI is InChI=1S/C12H14O3/c1-8(13)5-6-12-9-3-2-4-11(14)10(9)7-15-12/h2-6,8,12-14H,7H2,1H3. The highest BCUT2D eigenvalue weighted by Crippen LogP contribution is 2.36. The van der Waals surface area contributed by atoms with Crippen molar-refractivity contribution in [3.05, 3.63) is 41.5 Å². The van der Waals surface area contributed by atoms with Crippen molar-refractivity contribution < 1.29 is 14.9 Å². The van der Waals surface area contributed by atoms with Gasteiger partial charge >= 0.3 is 0 Å². The highest BCUT2D eigenvalue weighted by atomic mass is 16.5. The van der Waals surface area contributed by atoms with E-state index in [-0.39, 0.29) is 11.9 Å². The Morgan fingerprint density at radius 2 is 2.33 bits per heavy atom. The van der Waals surface area contributed by atoms with Crippen LogP contribution in [0.25, 0.3) is 0 Å². The summed E-state index contributed by atoms with van der Waals surface area (Å²) < 4.78 is 5.50. The monoisotopic (exact) mass is 206 g/mol. The van der Waals surface area contributed by atoms with Crippen LogP contribution in [0.5, 0.6) is 5.75 Å². The SMILES string of the molecule is CC(O)C=CC1OCc2c(O)cccc21. The van der Waals surface area contributed by atoms with Gasteiger partial charge in [-0.05, 0) is 18.6 Å². The first-order valence-electron chi connectivity index (χ1n) is 4.97. The summed E-state index contributed by atoms with van der Waals surface area (Å²) in [6.45, 7) is 2.12. The first-order valence-corrected chi connectivity index (χ1v) is 4.97. The third-order valence-corrected chi connectivity index (χ3v) is 2.47. The molecule has 0 saturated heterocycles. The molecule has 1 aliphatic heterocycles. The third-order valence-electron chi connectivity index (χ3n) is 2.47. The van der Waals surface area contributed by atoms with E-state index in [4.69, 9.17) is 9.84 Å². The van der Waals surface area contributed by atoms with Crippen molar-refractivity contribution in [3.63, 3.8) is 0 Å². The van der Waals surface area contributed by atoms with Crippen molar-refractivity contribution in [1.29, 1.82) is 0 Å². The molecule has 0 radical (unpaired) electrons. The van der Waals surface area contributed by atoms with Gasteiger partial charge in [-0.1, -0.05) is 24.3 Å². The van der Waals surface area contributed by atoms with Crippen LogP contribution < -0.4 is 0 Å². The van der Waals surface area contributed by atoms with Crippen LogP contribution in [0.1, 0.15) is 24.2 Å². The van der Waals surface area contributed by atoms with E-state index in [0.717, 1.165) is 11.1 Å². The number of aliphatic hydroxyl groups is 1. The second kappa shape index (κ2) is 4.04. The molecule has 0 spiro atoms. The molecule has 80 valence electrons. The summed E-state index contributed by atoms with van der Waals surface area (Å²) in [6.07, 6.45) is 2.87. The molecule has 1 heterocycles. The van der Waals surface area contributed by atoms with Crippen LogP contribution in [-0.2, 0) is 11.3 Å². The number of benzene rings is 1. The molecule has 0 saturated carbocycles. The van der Waals surface area contributed by atoms with Gasteiger partial charge in [-0.15, -0.1) is 0 Å². The average molecular weight is 206 g/mol. The second-order valence-electron chi connectivity index (χ2n) is 3.70. The van der Waals surface area contributed by atoms with Gasteiger partial charge in [-0.2, -0.15) is 0 Å². The number of rotatable bonds is 2. The zero-order valence-electron chi connectivity index (χ0n) is 8.55. The lowest BCUT2D eigenvalue weighted by Gasteiger charge is -2.05. The van der Waals surface area contributed by atoms with Gasteiger partial charge in [0, 0.05) is 5.56 Å². The summed E-state index contributed by atoms with van der Waals surface area (Å²) >= 11 is 0. The van der Waals surface area contributed by atoms with Gasteiger partial charge in [-0.25, -0.2) is 0 Å². The average Bonchev–Trinajstić information content (AvgIpc) is 2.59. The number of phenolic OH excluding ortho intramolecular Hbond substituents is 1. The van der Waals surface area contributed by atoms with Crippen LogP contribution >= 0.6 is 0 Å². The number of fused-ring (bicyclic) bond motifs is 1. The molecule has 1 aromatic rings. The highest BCUT2D eigenvalue weighted by molar-refractivity contribution is 5.43. The molecule has 0 fully saturated rings. The molecule has 0 amide bonds. The van der Waals surface area contributed by atoms with Crippen LogP contribution in [0.4, 0.5) is 0 Å². The van der Waals surface area contributed by atoms with Crippen molar-refractivity contribution in [2.45, 2.75) is 25.7 Å². The predicted octanol–water partition coefficient (Wildman–Crippen LogP) is 1.90. The quantitative estimate of drug-likeness (QED) is 0.726. The topological polar surface area (TPSA) is 49.7 Å². The highest BCUT2D eigenvalue weighted by Gasteiger charge is 2.23. The third kappa shape index (κ3) is 2.03. The second-order valence-corrected chi connectivity index (χ2v) is 3.70. The zero-order valence-corrected chi connectivity index (χ0v) is 8.55. The smallest absolute Gasteiger partial charge is 0.121 e. The summed E-state index contributed by atoms with van der Waals surface area (Å²) in [5.41, 5.74) is 1.82. The van der Waals surface area contributed by atoms with Gasteiger partial charge in [0.05, 0.1) is 12.7 Å². The minimum absolute atomic E-state index is 0.151. The van der Waals surface area contributed by atoms with Crippen LogP contribution in [0.3, 0.4) is 0 Å². The fourth-order valence-electron chi connectivity index (χ4n) is 1.70. The molecule has 3 nitrogen and oxygen atoms in total. The Kier molecular flexibility index (Phi) is 2.75. The lowest BCUT2D eigenvalue weighted by molar-refractivity contribution is 0.0974. The molecule has 1 aromatic carbocycles. The van der Waals surface area contributed by atoms with E-state index >= 15 is 0 Å². The fraction of sp³-hybridized carbons (Fsp3) is 0.333. The maximum atomic E-state index is 9.57. The number of aliphatic hydroxyl groups excluding tert-OH is 1. The maximum absolute atomic E-state index is 9.57. The van der Waals surface area contributed by atoms with Crippen LogP contribution in [0, 0.1) is 0 Å². The summed E-state index contributed by atoms with van der Waals surface area (Å²) in [7, 11) is 0. The molecule has 2 N–H and O–H groups in total. The maximum Gasteiger partial charge on any atom is 0.121 e. The Morgan fingerprint density at radius 1 is 1.53 bits per heavy atom. The molecule has 1 aliphatic rings. The predicted molar refractivity (Wildman–Crippen MR) is 56.5 cm³/mol. The fourth-order valence-corrected chi connectivity index (χ4v) is 1.70. The first kappa shape index (κ1) is 10.2. The van der Waals surface area contributed by atoms with Gasteiger partial charge in [0.25, 0.3) is 0 Å². The van der Waals surface area contributed by atoms with Crippen molar-refractivity contribution in [2.24, 2.45) is 0 Å². The molecular weight excluding hydrogens is 192 g/mol. The molecule has 0 aliphatic carbocycles. The summed E-state index contributed by atoms with van der Waals surface area (Å²) in [5.74, 6) is 0.278. The molecule has 0 bridgehead atoms. The van der Waals surface area contributed by atoms with E-state index < -0.39 is 6.10 Å². The normalized spacial score (nSPS) is 21.9. The Hall–Kier alpha value is -1.32. The lowest BCUT2D eigenvalue weighted by Crippen LogP contribution is -1.96. The van der Waals surface area contributed by atoms with Crippen LogP contribution in [0.15, 0.2) is 30.4 Å². The Labute approximate surface area is 88.6 Å².